The molecule has 0 saturated carbocycles. The Hall–Kier alpha value is -2.63. The molecule has 3 N–H and O–H groups in total. The Labute approximate surface area is 115 Å². The molecule has 0 aliphatic heterocycles. The number of aromatic nitrogens is 1. The zero-order valence-electron chi connectivity index (χ0n) is 10.9. The van der Waals surface area contributed by atoms with Crippen LogP contribution < -0.4 is 10.6 Å². The molecular weight excluding hydrogens is 261 g/mol. The van der Waals surface area contributed by atoms with Crippen LogP contribution in [0.3, 0.4) is 0 Å². The molecule has 2 rings (SSSR count). The number of pyridine rings is 1. The summed E-state index contributed by atoms with van der Waals surface area (Å²) >= 11 is 0. The number of carbonyl (C=O) groups is 1. The number of aromatic carboxylic acids is 1. The van der Waals surface area contributed by atoms with Gasteiger partial charge in [-0.25, -0.2) is 14.2 Å². The van der Waals surface area contributed by atoms with Crippen LogP contribution in [0.25, 0.3) is 0 Å². The fourth-order valence-electron chi connectivity index (χ4n) is 1.92. The summed E-state index contributed by atoms with van der Waals surface area (Å²) in [5.41, 5.74) is 6.36. The van der Waals surface area contributed by atoms with Gasteiger partial charge in [0.05, 0.1) is 16.9 Å². The summed E-state index contributed by atoms with van der Waals surface area (Å²) in [4.78, 5) is 16.5. The number of nitrogens with zero attached hydrogens (tertiary/aromatic N) is 2. The maximum absolute atomic E-state index is 13.8. The van der Waals surface area contributed by atoms with Crippen LogP contribution in [0.5, 0.6) is 0 Å². The molecule has 0 aliphatic rings. The predicted octanol–water partition coefficient (Wildman–Crippen LogP) is 2.66. The Bertz CT molecular complexity index is 646. The Morgan fingerprint density at radius 1 is 1.45 bits per heavy atom. The van der Waals surface area contributed by atoms with Gasteiger partial charge >= 0.3 is 5.97 Å². The fourth-order valence-corrected chi connectivity index (χ4v) is 1.92. The number of para-hydroxylation sites is 1. The molecule has 0 radical (unpaired) electrons. The quantitative estimate of drug-likeness (QED) is 0.896. The minimum Gasteiger partial charge on any atom is -0.478 e. The lowest BCUT2D eigenvalue weighted by atomic mass is 10.2. The average Bonchev–Trinajstić information content (AvgIpc) is 2.43. The first kappa shape index (κ1) is 13.8. The predicted molar refractivity (Wildman–Crippen MR) is 74.7 cm³/mol. The van der Waals surface area contributed by atoms with Gasteiger partial charge in [0.25, 0.3) is 0 Å². The lowest BCUT2D eigenvalue weighted by Gasteiger charge is -2.23. The SMILES string of the molecule is CCN(c1ccccc1F)c1ncc(C(=O)O)cc1N. The van der Waals surface area contributed by atoms with E-state index in [4.69, 9.17) is 10.8 Å². The van der Waals surface area contributed by atoms with Crippen LogP contribution in [0.15, 0.2) is 36.5 Å². The lowest BCUT2D eigenvalue weighted by molar-refractivity contribution is 0.0696. The first-order valence-electron chi connectivity index (χ1n) is 6.05. The second-order valence-corrected chi connectivity index (χ2v) is 4.14. The van der Waals surface area contributed by atoms with Crippen LogP contribution in [0.2, 0.25) is 0 Å². The Balaban J connectivity index is 2.48. The van der Waals surface area contributed by atoms with E-state index in [0.717, 1.165) is 0 Å². The minimum absolute atomic E-state index is 0.00385. The van der Waals surface area contributed by atoms with E-state index in [0.29, 0.717) is 18.1 Å². The van der Waals surface area contributed by atoms with Gasteiger partial charge in [-0.2, -0.15) is 0 Å². The van der Waals surface area contributed by atoms with E-state index in [1.807, 2.05) is 6.92 Å². The van der Waals surface area contributed by atoms with E-state index in [-0.39, 0.29) is 11.3 Å². The number of carboxylic acid groups (broad SMARTS) is 1. The standard InChI is InChI=1S/C14H14FN3O2/c1-2-18(12-6-4-3-5-10(12)15)13-11(16)7-9(8-17-13)14(19)20/h3-8H,2,16H2,1H3,(H,19,20). The largest absolute Gasteiger partial charge is 0.478 e. The number of carboxylic acids is 1. The third-order valence-corrected chi connectivity index (χ3v) is 2.86. The van der Waals surface area contributed by atoms with Crippen molar-refractivity contribution in [2.45, 2.75) is 6.92 Å². The highest BCUT2D eigenvalue weighted by Crippen LogP contribution is 2.30. The highest BCUT2D eigenvalue weighted by molar-refractivity contribution is 5.89. The molecule has 6 heteroatoms. The molecule has 0 unspecified atom stereocenters. The van der Waals surface area contributed by atoms with Crippen LogP contribution in [-0.4, -0.2) is 22.6 Å². The third-order valence-electron chi connectivity index (χ3n) is 2.86. The van der Waals surface area contributed by atoms with Crippen molar-refractivity contribution in [3.8, 4) is 0 Å². The maximum Gasteiger partial charge on any atom is 0.337 e. The maximum atomic E-state index is 13.8. The lowest BCUT2D eigenvalue weighted by Crippen LogP contribution is -2.20. The average molecular weight is 275 g/mol. The smallest absolute Gasteiger partial charge is 0.337 e. The molecule has 5 nitrogen and oxygen atoms in total. The minimum atomic E-state index is -1.11. The normalized spacial score (nSPS) is 10.3. The Morgan fingerprint density at radius 3 is 2.70 bits per heavy atom. The number of nitrogens with two attached hydrogens (primary N) is 1. The van der Waals surface area contributed by atoms with Crippen LogP contribution in [0, 0.1) is 5.82 Å². The van der Waals surface area contributed by atoms with Crippen molar-refractivity contribution in [1.29, 1.82) is 0 Å². The van der Waals surface area contributed by atoms with E-state index < -0.39 is 11.8 Å². The van der Waals surface area contributed by atoms with Crippen molar-refractivity contribution in [2.75, 3.05) is 17.2 Å². The summed E-state index contributed by atoms with van der Waals surface area (Å²) in [6, 6.07) is 7.58. The van der Waals surface area contributed by atoms with Crippen LogP contribution >= 0.6 is 0 Å². The highest BCUT2D eigenvalue weighted by atomic mass is 19.1. The zero-order valence-corrected chi connectivity index (χ0v) is 10.9. The van der Waals surface area contributed by atoms with Crippen molar-refractivity contribution in [3.63, 3.8) is 0 Å². The summed E-state index contributed by atoms with van der Waals surface area (Å²) in [6.07, 6.45) is 1.21. The van der Waals surface area contributed by atoms with Gasteiger partial charge in [-0.05, 0) is 25.1 Å². The molecule has 0 bridgehead atoms. The van der Waals surface area contributed by atoms with Gasteiger partial charge in [0.2, 0.25) is 0 Å². The molecule has 20 heavy (non-hydrogen) atoms. The van der Waals surface area contributed by atoms with Gasteiger partial charge in [-0.3, -0.25) is 0 Å². The van der Waals surface area contributed by atoms with Gasteiger partial charge in [0.1, 0.15) is 5.82 Å². The number of hydrogen-bond donors (Lipinski definition) is 2. The highest BCUT2D eigenvalue weighted by Gasteiger charge is 2.16. The van der Waals surface area contributed by atoms with E-state index in [1.54, 1.807) is 23.1 Å². The Kier molecular flexibility index (Phi) is 3.84. The van der Waals surface area contributed by atoms with E-state index in [9.17, 15) is 9.18 Å². The molecule has 1 heterocycles. The molecule has 1 aromatic carbocycles. The molecule has 0 saturated heterocycles. The molecule has 2 aromatic rings. The van der Waals surface area contributed by atoms with Crippen molar-refractivity contribution in [2.24, 2.45) is 0 Å². The van der Waals surface area contributed by atoms with Crippen molar-refractivity contribution >= 4 is 23.2 Å². The summed E-state index contributed by atoms with van der Waals surface area (Å²) in [7, 11) is 0. The molecule has 1 aromatic heterocycles. The first-order valence-corrected chi connectivity index (χ1v) is 6.05. The van der Waals surface area contributed by atoms with Crippen LogP contribution in [0.4, 0.5) is 21.6 Å². The van der Waals surface area contributed by atoms with Gasteiger partial charge < -0.3 is 15.7 Å². The number of hydrogen-bond acceptors (Lipinski definition) is 4. The fraction of sp³-hybridized carbons (Fsp3) is 0.143. The van der Waals surface area contributed by atoms with Gasteiger partial charge in [-0.1, -0.05) is 12.1 Å². The van der Waals surface area contributed by atoms with Gasteiger partial charge in [0.15, 0.2) is 5.82 Å². The summed E-state index contributed by atoms with van der Waals surface area (Å²) in [5.74, 6) is -1.16. The molecule has 0 atom stereocenters. The number of benzene rings is 1. The zero-order chi connectivity index (χ0) is 14.7. The summed E-state index contributed by atoms with van der Waals surface area (Å²) < 4.78 is 13.8. The third kappa shape index (κ3) is 2.54. The number of anilines is 3. The van der Waals surface area contributed by atoms with Gasteiger partial charge in [-0.15, -0.1) is 0 Å². The molecule has 104 valence electrons. The van der Waals surface area contributed by atoms with Crippen molar-refractivity contribution < 1.29 is 14.3 Å². The second-order valence-electron chi connectivity index (χ2n) is 4.14. The van der Waals surface area contributed by atoms with Crippen molar-refractivity contribution in [1.82, 2.24) is 4.98 Å². The van der Waals surface area contributed by atoms with E-state index in [1.165, 1.54) is 18.3 Å². The number of rotatable bonds is 4. The summed E-state index contributed by atoms with van der Waals surface area (Å²) in [5, 5.41) is 8.89. The Morgan fingerprint density at radius 2 is 2.15 bits per heavy atom. The summed E-state index contributed by atoms with van der Waals surface area (Å²) in [6.45, 7) is 2.28. The second kappa shape index (κ2) is 5.56. The van der Waals surface area contributed by atoms with Gasteiger partial charge in [0, 0.05) is 12.7 Å². The molecule has 0 aliphatic carbocycles. The van der Waals surface area contributed by atoms with Crippen molar-refractivity contribution in [3.05, 3.63) is 47.9 Å². The molecule has 0 spiro atoms. The monoisotopic (exact) mass is 275 g/mol. The number of nitrogen functional groups attached to an aromatic ring is 1. The van der Waals surface area contributed by atoms with Crippen LogP contribution in [-0.2, 0) is 0 Å². The van der Waals surface area contributed by atoms with E-state index in [2.05, 4.69) is 4.98 Å². The first-order chi connectivity index (χ1) is 9.54. The van der Waals surface area contributed by atoms with E-state index >= 15 is 0 Å². The van der Waals surface area contributed by atoms with Crippen LogP contribution in [0.1, 0.15) is 17.3 Å². The molecular formula is C14H14FN3O2. The topological polar surface area (TPSA) is 79.5 Å². The molecule has 0 fully saturated rings. The number of halogens is 1. The molecule has 0 amide bonds.